The Morgan fingerprint density at radius 3 is 2.92 bits per heavy atom. The van der Waals surface area contributed by atoms with Crippen LogP contribution in [0.2, 0.25) is 0 Å². The number of amides is 1. The average Bonchev–Trinajstić information content (AvgIpc) is 3.05. The maximum Gasteiger partial charge on any atom is 0.222 e. The predicted molar refractivity (Wildman–Crippen MR) is 91.3 cm³/mol. The van der Waals surface area contributed by atoms with Crippen molar-refractivity contribution in [2.75, 3.05) is 33.5 Å². The lowest BCUT2D eigenvalue weighted by molar-refractivity contribution is -0.138. The van der Waals surface area contributed by atoms with Gasteiger partial charge in [0.15, 0.2) is 11.5 Å². The number of methoxy groups -OCH3 is 1. The van der Waals surface area contributed by atoms with E-state index in [0.29, 0.717) is 19.6 Å². The summed E-state index contributed by atoms with van der Waals surface area (Å²) < 4.78 is 17.0. The Kier molecular flexibility index (Phi) is 5.29. The van der Waals surface area contributed by atoms with Gasteiger partial charge < -0.3 is 19.1 Å². The summed E-state index contributed by atoms with van der Waals surface area (Å²) in [5.74, 6) is 1.71. The number of ether oxygens (including phenoxy) is 3. The van der Waals surface area contributed by atoms with Crippen molar-refractivity contribution in [1.29, 1.82) is 0 Å². The highest BCUT2D eigenvalue weighted by molar-refractivity contribution is 5.77. The van der Waals surface area contributed by atoms with Crippen LogP contribution in [0.1, 0.15) is 38.2 Å². The molecule has 1 amide bonds. The quantitative estimate of drug-likeness (QED) is 0.803. The number of hydrogen-bond acceptors (Lipinski definition) is 4. The molecule has 1 aromatic rings. The fourth-order valence-corrected chi connectivity index (χ4v) is 3.64. The summed E-state index contributed by atoms with van der Waals surface area (Å²) >= 11 is 0. The topological polar surface area (TPSA) is 48.0 Å². The van der Waals surface area contributed by atoms with Gasteiger partial charge in [0.05, 0.1) is 20.3 Å². The van der Waals surface area contributed by atoms with Crippen LogP contribution in [0.5, 0.6) is 11.5 Å². The molecule has 2 heterocycles. The van der Waals surface area contributed by atoms with Gasteiger partial charge in [-0.1, -0.05) is 19.1 Å². The summed E-state index contributed by atoms with van der Waals surface area (Å²) in [7, 11) is 1.65. The van der Waals surface area contributed by atoms with Crippen LogP contribution in [-0.4, -0.2) is 44.3 Å². The van der Waals surface area contributed by atoms with Crippen LogP contribution in [-0.2, 0) is 16.1 Å². The molecule has 2 aliphatic rings. The molecular weight excluding hydrogens is 306 g/mol. The Bertz CT molecular complexity index is 581. The van der Waals surface area contributed by atoms with E-state index < -0.39 is 0 Å². The second-order valence-electron chi connectivity index (χ2n) is 6.85. The van der Waals surface area contributed by atoms with Gasteiger partial charge in [-0.25, -0.2) is 0 Å². The van der Waals surface area contributed by atoms with E-state index in [0.717, 1.165) is 56.1 Å². The van der Waals surface area contributed by atoms with E-state index in [1.54, 1.807) is 7.11 Å². The largest absolute Gasteiger partial charge is 0.493 e. The molecule has 2 aliphatic heterocycles. The maximum atomic E-state index is 12.4. The highest BCUT2D eigenvalue weighted by atomic mass is 16.5. The van der Waals surface area contributed by atoms with Crippen LogP contribution in [0.3, 0.4) is 0 Å². The predicted octanol–water partition coefficient (Wildman–Crippen LogP) is 3.01. The summed E-state index contributed by atoms with van der Waals surface area (Å²) in [6, 6.07) is 5.88. The Morgan fingerprint density at radius 1 is 1.33 bits per heavy atom. The Balaban J connectivity index is 1.79. The van der Waals surface area contributed by atoms with Gasteiger partial charge in [0, 0.05) is 37.1 Å². The van der Waals surface area contributed by atoms with Crippen molar-refractivity contribution in [3.8, 4) is 11.5 Å². The van der Waals surface area contributed by atoms with Crippen molar-refractivity contribution in [3.05, 3.63) is 23.8 Å². The molecule has 2 fully saturated rings. The third kappa shape index (κ3) is 3.51. The first kappa shape index (κ1) is 17.1. The zero-order chi connectivity index (χ0) is 17.0. The van der Waals surface area contributed by atoms with Crippen LogP contribution in [0.15, 0.2) is 18.2 Å². The van der Waals surface area contributed by atoms with Gasteiger partial charge in [-0.05, 0) is 25.3 Å². The fraction of sp³-hybridized carbons (Fsp3) is 0.632. The lowest BCUT2D eigenvalue weighted by Gasteiger charge is -2.39. The van der Waals surface area contributed by atoms with Gasteiger partial charge in [0.1, 0.15) is 0 Å². The monoisotopic (exact) mass is 333 g/mol. The van der Waals surface area contributed by atoms with Gasteiger partial charge in [-0.3, -0.25) is 4.79 Å². The number of nitrogens with zero attached hydrogens (tertiary/aromatic N) is 1. The first-order valence-corrected chi connectivity index (χ1v) is 8.82. The van der Waals surface area contributed by atoms with Crippen molar-refractivity contribution in [2.24, 2.45) is 5.41 Å². The van der Waals surface area contributed by atoms with E-state index in [2.05, 4.69) is 6.92 Å². The summed E-state index contributed by atoms with van der Waals surface area (Å²) in [4.78, 5) is 14.4. The van der Waals surface area contributed by atoms with E-state index in [4.69, 9.17) is 14.2 Å². The first-order chi connectivity index (χ1) is 11.7. The number of benzene rings is 1. The van der Waals surface area contributed by atoms with Gasteiger partial charge in [-0.2, -0.15) is 0 Å². The zero-order valence-electron chi connectivity index (χ0n) is 14.7. The number of rotatable bonds is 6. The van der Waals surface area contributed by atoms with E-state index in [9.17, 15) is 4.79 Å². The molecule has 24 heavy (non-hydrogen) atoms. The van der Waals surface area contributed by atoms with Crippen molar-refractivity contribution in [3.63, 3.8) is 0 Å². The first-order valence-electron chi connectivity index (χ1n) is 8.82. The molecule has 1 unspecified atom stereocenters. The second-order valence-corrected chi connectivity index (χ2v) is 6.85. The molecule has 1 aromatic carbocycles. The molecule has 0 N–H and O–H groups in total. The van der Waals surface area contributed by atoms with E-state index in [-0.39, 0.29) is 11.3 Å². The summed E-state index contributed by atoms with van der Waals surface area (Å²) in [6.45, 7) is 5.64. The lowest BCUT2D eigenvalue weighted by Crippen LogP contribution is -2.46. The maximum absolute atomic E-state index is 12.4. The minimum absolute atomic E-state index is 0.150. The minimum atomic E-state index is 0.150. The number of piperidine rings is 1. The molecule has 1 atom stereocenters. The van der Waals surface area contributed by atoms with Crippen LogP contribution in [0.4, 0.5) is 0 Å². The Hall–Kier alpha value is -1.75. The molecule has 0 bridgehead atoms. The van der Waals surface area contributed by atoms with Gasteiger partial charge in [-0.15, -0.1) is 0 Å². The van der Waals surface area contributed by atoms with Crippen molar-refractivity contribution < 1.29 is 19.0 Å². The molecule has 0 radical (unpaired) electrons. The molecule has 132 valence electrons. The number of likely N-dealkylation sites (tertiary alicyclic amines) is 1. The summed E-state index contributed by atoms with van der Waals surface area (Å²) in [5.41, 5.74) is 1.16. The molecule has 5 nitrogen and oxygen atoms in total. The van der Waals surface area contributed by atoms with Gasteiger partial charge in [0.2, 0.25) is 5.91 Å². The van der Waals surface area contributed by atoms with Gasteiger partial charge >= 0.3 is 0 Å². The smallest absolute Gasteiger partial charge is 0.222 e. The molecule has 5 heteroatoms. The molecule has 1 spiro atoms. The van der Waals surface area contributed by atoms with Crippen LogP contribution >= 0.6 is 0 Å². The molecule has 0 saturated carbocycles. The number of carbonyl (C=O) groups excluding carboxylic acids is 1. The third-order valence-electron chi connectivity index (χ3n) is 5.03. The van der Waals surface area contributed by atoms with Crippen molar-refractivity contribution in [1.82, 2.24) is 4.90 Å². The van der Waals surface area contributed by atoms with Crippen LogP contribution in [0, 0.1) is 5.41 Å². The molecule has 2 saturated heterocycles. The molecule has 3 rings (SSSR count). The van der Waals surface area contributed by atoms with Crippen molar-refractivity contribution >= 4 is 5.91 Å². The minimum Gasteiger partial charge on any atom is -0.493 e. The Morgan fingerprint density at radius 2 is 2.21 bits per heavy atom. The highest BCUT2D eigenvalue weighted by Crippen LogP contribution is 2.39. The van der Waals surface area contributed by atoms with Crippen molar-refractivity contribution in [2.45, 2.75) is 39.2 Å². The van der Waals surface area contributed by atoms with Gasteiger partial charge in [0.25, 0.3) is 0 Å². The number of carbonyl (C=O) groups is 1. The van der Waals surface area contributed by atoms with Crippen LogP contribution in [0.25, 0.3) is 0 Å². The summed E-state index contributed by atoms with van der Waals surface area (Å²) in [5, 5.41) is 0. The molecule has 0 aliphatic carbocycles. The molecular formula is C19H27NO4. The Labute approximate surface area is 143 Å². The third-order valence-corrected chi connectivity index (χ3v) is 5.03. The number of hydrogen-bond donors (Lipinski definition) is 0. The number of para-hydroxylation sites is 1. The van der Waals surface area contributed by atoms with Crippen LogP contribution < -0.4 is 9.47 Å². The highest BCUT2D eigenvalue weighted by Gasteiger charge is 2.41. The lowest BCUT2D eigenvalue weighted by atomic mass is 9.79. The normalized spacial score (nSPS) is 23.8. The van der Waals surface area contributed by atoms with E-state index in [1.165, 1.54) is 0 Å². The average molecular weight is 333 g/mol. The van der Waals surface area contributed by atoms with E-state index in [1.807, 2.05) is 23.1 Å². The second kappa shape index (κ2) is 7.43. The SMILES string of the molecule is CCCOc1c(CN2CC3(CCOC3)CCC2=O)cccc1OC. The zero-order valence-corrected chi connectivity index (χ0v) is 14.7. The molecule has 0 aromatic heterocycles. The fourth-order valence-electron chi connectivity index (χ4n) is 3.64. The standard InChI is InChI=1S/C19H27NO4/c1-3-10-24-18-15(5-4-6-16(18)22-2)12-20-13-19(8-7-17(20)21)9-11-23-14-19/h4-6H,3,7-14H2,1-2H3. The van der Waals surface area contributed by atoms with E-state index >= 15 is 0 Å². The summed E-state index contributed by atoms with van der Waals surface area (Å²) in [6.07, 6.45) is 3.53.